The van der Waals surface area contributed by atoms with Gasteiger partial charge in [0.05, 0.1) is 26.1 Å². The fraction of sp³-hybridized carbons (Fsp3) is 0.583. The number of carboxylic acids is 1. The summed E-state index contributed by atoms with van der Waals surface area (Å²) in [5, 5.41) is 8.33. The summed E-state index contributed by atoms with van der Waals surface area (Å²) in [6.45, 7) is 5.43. The van der Waals surface area contributed by atoms with Gasteiger partial charge in [-0.1, -0.05) is 6.58 Å². The molecule has 0 fully saturated rings. The molecule has 0 saturated heterocycles. The molecule has 0 aromatic heterocycles. The van der Waals surface area contributed by atoms with Crippen molar-refractivity contribution < 1.29 is 33.7 Å². The van der Waals surface area contributed by atoms with E-state index in [9.17, 15) is 14.4 Å². The standard InChI is InChI=1S/C12H18O7/c1-9(2)12(16)19-8-6-17-5-7-18-11(15)4-3-10(13)14/h1,3-8H2,2H3,(H,13,14). The number of hydrogen-bond acceptors (Lipinski definition) is 6. The van der Waals surface area contributed by atoms with Crippen LogP contribution in [0.3, 0.4) is 0 Å². The molecule has 0 spiro atoms. The number of aliphatic carboxylic acids is 1. The number of carboxylic acid groups (broad SMARTS) is 1. The van der Waals surface area contributed by atoms with E-state index in [0.717, 1.165) is 0 Å². The molecule has 7 nitrogen and oxygen atoms in total. The number of hydrogen-bond donors (Lipinski definition) is 1. The molecule has 0 unspecified atom stereocenters. The Morgan fingerprint density at radius 3 is 2.11 bits per heavy atom. The summed E-state index contributed by atoms with van der Waals surface area (Å²) in [6.07, 6.45) is -0.415. The van der Waals surface area contributed by atoms with E-state index in [-0.39, 0.29) is 39.3 Å². The normalized spacial score (nSPS) is 9.74. The van der Waals surface area contributed by atoms with Crippen LogP contribution in [0.25, 0.3) is 0 Å². The zero-order chi connectivity index (χ0) is 14.7. The minimum absolute atomic E-state index is 0.0346. The minimum atomic E-state index is -1.05. The molecular formula is C12H18O7. The second kappa shape index (κ2) is 10.1. The van der Waals surface area contributed by atoms with E-state index in [1.54, 1.807) is 6.92 Å². The predicted molar refractivity (Wildman–Crippen MR) is 64.4 cm³/mol. The van der Waals surface area contributed by atoms with Crippen LogP contribution in [-0.2, 0) is 28.6 Å². The first-order valence-corrected chi connectivity index (χ1v) is 5.71. The van der Waals surface area contributed by atoms with Gasteiger partial charge in [-0.25, -0.2) is 4.79 Å². The third-order valence-electron chi connectivity index (χ3n) is 1.84. The first-order chi connectivity index (χ1) is 8.93. The Kier molecular flexibility index (Phi) is 9.07. The minimum Gasteiger partial charge on any atom is -0.481 e. The quantitative estimate of drug-likeness (QED) is 0.352. The summed E-state index contributed by atoms with van der Waals surface area (Å²) >= 11 is 0. The Balaban J connectivity index is 3.36. The van der Waals surface area contributed by atoms with Gasteiger partial charge in [0.15, 0.2) is 0 Å². The van der Waals surface area contributed by atoms with Crippen LogP contribution in [-0.4, -0.2) is 49.4 Å². The summed E-state index contributed by atoms with van der Waals surface area (Å²) in [5.74, 6) is -2.11. The number of carbonyl (C=O) groups is 3. The maximum absolute atomic E-state index is 11.0. The zero-order valence-electron chi connectivity index (χ0n) is 10.8. The molecule has 0 amide bonds. The van der Waals surface area contributed by atoms with E-state index in [2.05, 4.69) is 6.58 Å². The third-order valence-corrected chi connectivity index (χ3v) is 1.84. The molecule has 0 aliphatic rings. The van der Waals surface area contributed by atoms with Crippen LogP contribution < -0.4 is 0 Å². The zero-order valence-corrected chi connectivity index (χ0v) is 10.8. The van der Waals surface area contributed by atoms with Crippen molar-refractivity contribution in [2.75, 3.05) is 26.4 Å². The van der Waals surface area contributed by atoms with Crippen molar-refractivity contribution in [2.24, 2.45) is 0 Å². The van der Waals surface area contributed by atoms with Crippen LogP contribution in [0.15, 0.2) is 12.2 Å². The van der Waals surface area contributed by atoms with Crippen molar-refractivity contribution in [1.82, 2.24) is 0 Å². The lowest BCUT2D eigenvalue weighted by Gasteiger charge is -2.06. The molecule has 0 aliphatic heterocycles. The second-order valence-electron chi connectivity index (χ2n) is 3.64. The predicted octanol–water partition coefficient (Wildman–Crippen LogP) is 0.530. The molecule has 0 aromatic carbocycles. The van der Waals surface area contributed by atoms with Gasteiger partial charge in [0.1, 0.15) is 13.2 Å². The van der Waals surface area contributed by atoms with Crippen molar-refractivity contribution in [1.29, 1.82) is 0 Å². The lowest BCUT2D eigenvalue weighted by atomic mass is 10.3. The van der Waals surface area contributed by atoms with Crippen LogP contribution in [0.4, 0.5) is 0 Å². The molecule has 19 heavy (non-hydrogen) atoms. The van der Waals surface area contributed by atoms with Crippen LogP contribution in [0, 0.1) is 0 Å². The molecule has 0 aromatic rings. The van der Waals surface area contributed by atoms with Crippen molar-refractivity contribution >= 4 is 17.9 Å². The summed E-state index contributed by atoms with van der Waals surface area (Å²) in [7, 11) is 0. The average molecular weight is 274 g/mol. The maximum Gasteiger partial charge on any atom is 0.333 e. The van der Waals surface area contributed by atoms with Crippen molar-refractivity contribution in [3.8, 4) is 0 Å². The molecule has 0 aliphatic carbocycles. The molecule has 0 radical (unpaired) electrons. The second-order valence-corrected chi connectivity index (χ2v) is 3.64. The van der Waals surface area contributed by atoms with E-state index in [1.165, 1.54) is 0 Å². The topological polar surface area (TPSA) is 99.1 Å². The van der Waals surface area contributed by atoms with E-state index >= 15 is 0 Å². The highest BCUT2D eigenvalue weighted by molar-refractivity contribution is 5.86. The lowest BCUT2D eigenvalue weighted by molar-refractivity contribution is -0.149. The molecule has 108 valence electrons. The third kappa shape index (κ3) is 11.0. The Labute approximate surface area is 111 Å². The smallest absolute Gasteiger partial charge is 0.333 e. The molecule has 0 bridgehead atoms. The number of ether oxygens (including phenoxy) is 3. The lowest BCUT2D eigenvalue weighted by Crippen LogP contribution is -2.15. The number of rotatable bonds is 10. The van der Waals surface area contributed by atoms with Crippen molar-refractivity contribution in [3.05, 3.63) is 12.2 Å². The van der Waals surface area contributed by atoms with Gasteiger partial charge in [-0.3, -0.25) is 9.59 Å². The summed E-state index contributed by atoms with van der Waals surface area (Å²) in [5.41, 5.74) is 0.312. The summed E-state index contributed by atoms with van der Waals surface area (Å²) in [4.78, 5) is 32.1. The van der Waals surface area contributed by atoms with Crippen molar-refractivity contribution in [2.45, 2.75) is 19.8 Å². The summed E-state index contributed by atoms with van der Waals surface area (Å²) in [6, 6.07) is 0. The fourth-order valence-electron chi connectivity index (χ4n) is 0.914. The highest BCUT2D eigenvalue weighted by atomic mass is 16.6. The van der Waals surface area contributed by atoms with Gasteiger partial charge in [0.2, 0.25) is 0 Å². The molecule has 0 heterocycles. The molecule has 0 atom stereocenters. The largest absolute Gasteiger partial charge is 0.481 e. The van der Waals surface area contributed by atoms with Crippen LogP contribution in [0.5, 0.6) is 0 Å². The summed E-state index contributed by atoms with van der Waals surface area (Å²) < 4.78 is 14.5. The van der Waals surface area contributed by atoms with E-state index in [1.807, 2.05) is 0 Å². The molecule has 0 rings (SSSR count). The Hall–Kier alpha value is -1.89. The van der Waals surface area contributed by atoms with Gasteiger partial charge in [-0.05, 0) is 6.92 Å². The highest BCUT2D eigenvalue weighted by Crippen LogP contribution is 1.94. The Bertz CT molecular complexity index is 335. The van der Waals surface area contributed by atoms with Gasteiger partial charge in [0, 0.05) is 5.57 Å². The molecule has 1 N–H and O–H groups in total. The highest BCUT2D eigenvalue weighted by Gasteiger charge is 2.06. The van der Waals surface area contributed by atoms with Crippen LogP contribution in [0.1, 0.15) is 19.8 Å². The number of carbonyl (C=O) groups excluding carboxylic acids is 2. The average Bonchev–Trinajstić information content (AvgIpc) is 2.34. The Morgan fingerprint density at radius 1 is 1.00 bits per heavy atom. The van der Waals surface area contributed by atoms with Gasteiger partial charge in [-0.2, -0.15) is 0 Å². The SMILES string of the molecule is C=C(C)C(=O)OCCOCCOC(=O)CCC(=O)O. The van der Waals surface area contributed by atoms with E-state index in [4.69, 9.17) is 19.3 Å². The van der Waals surface area contributed by atoms with Crippen LogP contribution >= 0.6 is 0 Å². The number of esters is 2. The van der Waals surface area contributed by atoms with Gasteiger partial charge < -0.3 is 19.3 Å². The van der Waals surface area contributed by atoms with Gasteiger partial charge >= 0.3 is 17.9 Å². The van der Waals surface area contributed by atoms with E-state index < -0.39 is 17.9 Å². The van der Waals surface area contributed by atoms with Crippen molar-refractivity contribution in [3.63, 3.8) is 0 Å². The monoisotopic (exact) mass is 274 g/mol. The maximum atomic E-state index is 11.0. The fourth-order valence-corrected chi connectivity index (χ4v) is 0.914. The molecular weight excluding hydrogens is 256 g/mol. The first kappa shape index (κ1) is 17.1. The first-order valence-electron chi connectivity index (χ1n) is 5.71. The molecule has 0 saturated carbocycles. The Morgan fingerprint density at radius 2 is 1.58 bits per heavy atom. The molecule has 7 heteroatoms. The van der Waals surface area contributed by atoms with E-state index in [0.29, 0.717) is 5.57 Å². The van der Waals surface area contributed by atoms with Gasteiger partial charge in [0.25, 0.3) is 0 Å². The van der Waals surface area contributed by atoms with Gasteiger partial charge in [-0.15, -0.1) is 0 Å². The van der Waals surface area contributed by atoms with Crippen LogP contribution in [0.2, 0.25) is 0 Å².